The Hall–Kier alpha value is -1.59. The van der Waals surface area contributed by atoms with Crippen LogP contribution in [0.4, 0.5) is 5.69 Å². The summed E-state index contributed by atoms with van der Waals surface area (Å²) in [5.41, 5.74) is 3.70. The van der Waals surface area contributed by atoms with Crippen LogP contribution in [0.1, 0.15) is 31.1 Å². The lowest BCUT2D eigenvalue weighted by molar-refractivity contribution is -0.118. The third-order valence-corrected chi connectivity index (χ3v) is 3.16. The molecule has 0 aromatic heterocycles. The number of ether oxygens (including phenoxy) is 1. The summed E-state index contributed by atoms with van der Waals surface area (Å²) in [6.07, 6.45) is 0.0534. The molecule has 1 aromatic carbocycles. The molecule has 5 heteroatoms. The number of hydrazine groups is 1. The van der Waals surface area contributed by atoms with Crippen molar-refractivity contribution >= 4 is 11.6 Å². The van der Waals surface area contributed by atoms with Crippen molar-refractivity contribution in [3.05, 3.63) is 29.8 Å². The standard InChI is InChI=1S/C14H21N3O2/c1-10-8-17(9-14(2,3)19-10)13(18)11-4-6-12(16-15)7-5-11/h4-7,10,16H,8-9,15H2,1-3H3. The van der Waals surface area contributed by atoms with Crippen LogP contribution in [0, 0.1) is 0 Å². The number of hydrogen-bond acceptors (Lipinski definition) is 4. The molecule has 0 aliphatic carbocycles. The first-order chi connectivity index (χ1) is 8.91. The van der Waals surface area contributed by atoms with E-state index in [1.807, 2.05) is 25.7 Å². The van der Waals surface area contributed by atoms with E-state index in [0.717, 1.165) is 5.69 Å². The number of morpholine rings is 1. The fourth-order valence-electron chi connectivity index (χ4n) is 2.50. The van der Waals surface area contributed by atoms with Gasteiger partial charge in [-0.1, -0.05) is 0 Å². The summed E-state index contributed by atoms with van der Waals surface area (Å²) in [5, 5.41) is 0. The molecule has 1 aliphatic heterocycles. The molecule has 1 aromatic rings. The second-order valence-corrected chi connectivity index (χ2v) is 5.60. The molecule has 1 fully saturated rings. The minimum absolute atomic E-state index is 0.0341. The van der Waals surface area contributed by atoms with Crippen LogP contribution in [0.15, 0.2) is 24.3 Å². The number of amides is 1. The summed E-state index contributed by atoms with van der Waals surface area (Å²) in [6.45, 7) is 7.23. The highest BCUT2D eigenvalue weighted by Crippen LogP contribution is 2.22. The Balaban J connectivity index is 2.14. The molecule has 1 heterocycles. The Morgan fingerprint density at radius 1 is 1.42 bits per heavy atom. The van der Waals surface area contributed by atoms with E-state index in [1.165, 1.54) is 0 Å². The smallest absolute Gasteiger partial charge is 0.254 e. The van der Waals surface area contributed by atoms with Crippen LogP contribution in [-0.4, -0.2) is 35.6 Å². The quantitative estimate of drug-likeness (QED) is 0.628. The minimum atomic E-state index is -0.300. The Morgan fingerprint density at radius 3 is 2.58 bits per heavy atom. The molecule has 0 radical (unpaired) electrons. The Labute approximate surface area is 113 Å². The molecule has 1 unspecified atom stereocenters. The van der Waals surface area contributed by atoms with E-state index in [0.29, 0.717) is 18.7 Å². The second-order valence-electron chi connectivity index (χ2n) is 5.60. The zero-order valence-corrected chi connectivity index (χ0v) is 11.6. The van der Waals surface area contributed by atoms with Crippen LogP contribution in [0.2, 0.25) is 0 Å². The highest BCUT2D eigenvalue weighted by atomic mass is 16.5. The van der Waals surface area contributed by atoms with Crippen molar-refractivity contribution in [2.24, 2.45) is 5.84 Å². The van der Waals surface area contributed by atoms with Crippen molar-refractivity contribution in [1.29, 1.82) is 0 Å². The first-order valence-electron chi connectivity index (χ1n) is 6.45. The summed E-state index contributed by atoms with van der Waals surface area (Å²) in [7, 11) is 0. The molecule has 0 spiro atoms. The number of nitrogen functional groups attached to an aromatic ring is 1. The maximum absolute atomic E-state index is 12.5. The Kier molecular flexibility index (Phi) is 3.78. The van der Waals surface area contributed by atoms with E-state index in [4.69, 9.17) is 10.6 Å². The molecule has 1 aliphatic rings. The van der Waals surface area contributed by atoms with E-state index in [1.54, 1.807) is 24.3 Å². The van der Waals surface area contributed by atoms with Crippen molar-refractivity contribution in [3.8, 4) is 0 Å². The Morgan fingerprint density at radius 2 is 2.05 bits per heavy atom. The summed E-state index contributed by atoms with van der Waals surface area (Å²) in [4.78, 5) is 14.3. The van der Waals surface area contributed by atoms with Gasteiger partial charge in [-0.2, -0.15) is 0 Å². The van der Waals surface area contributed by atoms with Crippen LogP contribution < -0.4 is 11.3 Å². The van der Waals surface area contributed by atoms with Gasteiger partial charge in [0, 0.05) is 24.3 Å². The first kappa shape index (κ1) is 13.8. The zero-order valence-electron chi connectivity index (χ0n) is 11.6. The average Bonchev–Trinajstić information content (AvgIpc) is 2.35. The summed E-state index contributed by atoms with van der Waals surface area (Å²) in [6, 6.07) is 7.15. The molecule has 1 saturated heterocycles. The highest BCUT2D eigenvalue weighted by Gasteiger charge is 2.33. The number of carbonyl (C=O) groups excluding carboxylic acids is 1. The lowest BCUT2D eigenvalue weighted by Crippen LogP contribution is -2.53. The number of nitrogens with one attached hydrogen (secondary N) is 1. The lowest BCUT2D eigenvalue weighted by Gasteiger charge is -2.41. The largest absolute Gasteiger partial charge is 0.369 e. The van der Waals surface area contributed by atoms with Gasteiger partial charge in [0.1, 0.15) is 0 Å². The van der Waals surface area contributed by atoms with E-state index in [-0.39, 0.29) is 17.6 Å². The second kappa shape index (κ2) is 5.19. The van der Waals surface area contributed by atoms with Crippen molar-refractivity contribution < 1.29 is 9.53 Å². The number of rotatable bonds is 2. The molecule has 1 atom stereocenters. The lowest BCUT2D eigenvalue weighted by atomic mass is 10.0. The molecule has 3 N–H and O–H groups in total. The van der Waals surface area contributed by atoms with Crippen LogP contribution in [-0.2, 0) is 4.74 Å². The third-order valence-electron chi connectivity index (χ3n) is 3.16. The average molecular weight is 263 g/mol. The zero-order chi connectivity index (χ0) is 14.0. The van der Waals surface area contributed by atoms with Crippen molar-refractivity contribution in [2.45, 2.75) is 32.5 Å². The minimum Gasteiger partial charge on any atom is -0.369 e. The SMILES string of the molecule is CC1CN(C(=O)c2ccc(NN)cc2)CC(C)(C)O1. The van der Waals surface area contributed by atoms with Gasteiger partial charge in [-0.25, -0.2) is 0 Å². The van der Waals surface area contributed by atoms with E-state index in [9.17, 15) is 4.79 Å². The van der Waals surface area contributed by atoms with Gasteiger partial charge in [-0.3, -0.25) is 10.6 Å². The van der Waals surface area contributed by atoms with Gasteiger partial charge in [0.25, 0.3) is 5.91 Å². The van der Waals surface area contributed by atoms with Crippen LogP contribution in [0.5, 0.6) is 0 Å². The third kappa shape index (κ3) is 3.24. The van der Waals surface area contributed by atoms with Gasteiger partial charge in [-0.05, 0) is 45.0 Å². The molecule has 1 amide bonds. The predicted molar refractivity (Wildman–Crippen MR) is 74.8 cm³/mol. The normalized spacial score (nSPS) is 22.1. The van der Waals surface area contributed by atoms with E-state index in [2.05, 4.69) is 5.43 Å². The molecule has 19 heavy (non-hydrogen) atoms. The summed E-state index contributed by atoms with van der Waals surface area (Å²) < 4.78 is 5.81. The maximum atomic E-state index is 12.5. The van der Waals surface area contributed by atoms with Crippen molar-refractivity contribution in [1.82, 2.24) is 4.90 Å². The molecular weight excluding hydrogens is 242 g/mol. The van der Waals surface area contributed by atoms with Gasteiger partial charge < -0.3 is 15.1 Å². The monoisotopic (exact) mass is 263 g/mol. The molecule has 104 valence electrons. The van der Waals surface area contributed by atoms with Gasteiger partial charge in [0.15, 0.2) is 0 Å². The molecule has 0 saturated carbocycles. The number of carbonyl (C=O) groups is 1. The van der Waals surface area contributed by atoms with Crippen LogP contribution in [0.3, 0.4) is 0 Å². The van der Waals surface area contributed by atoms with E-state index < -0.39 is 0 Å². The summed E-state index contributed by atoms with van der Waals surface area (Å²) >= 11 is 0. The van der Waals surface area contributed by atoms with Crippen LogP contribution in [0.25, 0.3) is 0 Å². The fraction of sp³-hybridized carbons (Fsp3) is 0.500. The molecular formula is C14H21N3O2. The van der Waals surface area contributed by atoms with Gasteiger partial charge in [0.05, 0.1) is 11.7 Å². The van der Waals surface area contributed by atoms with Gasteiger partial charge in [0.2, 0.25) is 0 Å². The van der Waals surface area contributed by atoms with Crippen molar-refractivity contribution in [3.63, 3.8) is 0 Å². The first-order valence-corrected chi connectivity index (χ1v) is 6.45. The molecule has 2 rings (SSSR count). The number of benzene rings is 1. The summed E-state index contributed by atoms with van der Waals surface area (Å²) in [5.74, 6) is 5.34. The predicted octanol–water partition coefficient (Wildman–Crippen LogP) is 1.61. The number of hydrogen-bond donors (Lipinski definition) is 2. The fourth-order valence-corrected chi connectivity index (χ4v) is 2.50. The van der Waals surface area contributed by atoms with Gasteiger partial charge >= 0.3 is 0 Å². The Bertz CT molecular complexity index is 456. The van der Waals surface area contributed by atoms with E-state index >= 15 is 0 Å². The molecule has 5 nitrogen and oxygen atoms in total. The van der Waals surface area contributed by atoms with Crippen molar-refractivity contribution in [2.75, 3.05) is 18.5 Å². The maximum Gasteiger partial charge on any atom is 0.254 e. The number of anilines is 1. The van der Waals surface area contributed by atoms with Crippen LogP contribution >= 0.6 is 0 Å². The topological polar surface area (TPSA) is 67.6 Å². The highest BCUT2D eigenvalue weighted by molar-refractivity contribution is 5.94. The number of nitrogens with two attached hydrogens (primary N) is 1. The van der Waals surface area contributed by atoms with Gasteiger partial charge in [-0.15, -0.1) is 0 Å². The number of nitrogens with zero attached hydrogens (tertiary/aromatic N) is 1. The molecule has 0 bridgehead atoms.